The van der Waals surface area contributed by atoms with Crippen LogP contribution in [0, 0.1) is 0 Å². The van der Waals surface area contributed by atoms with Gasteiger partial charge in [0.05, 0.1) is 38.9 Å². The molecular weight excluding hydrogens is 464 g/mol. The minimum absolute atomic E-state index is 0.0134. The third-order valence-electron chi connectivity index (χ3n) is 5.99. The van der Waals surface area contributed by atoms with E-state index in [1.165, 1.54) is 6.33 Å². The number of fused-ring (bicyclic) bond motifs is 2. The number of nitrogens with one attached hydrogen (secondary N) is 1. The third kappa shape index (κ3) is 4.59. The van der Waals surface area contributed by atoms with E-state index >= 15 is 0 Å². The molecule has 0 radical (unpaired) electrons. The van der Waals surface area contributed by atoms with E-state index in [9.17, 15) is 4.79 Å². The molecule has 1 fully saturated rings. The van der Waals surface area contributed by atoms with Crippen LogP contribution in [0.4, 0.5) is 22.0 Å². The van der Waals surface area contributed by atoms with E-state index in [-0.39, 0.29) is 18.2 Å². The largest absolute Gasteiger partial charge is 0.487 e. The van der Waals surface area contributed by atoms with Crippen LogP contribution in [-0.4, -0.2) is 64.8 Å². The maximum absolute atomic E-state index is 13.1. The second kappa shape index (κ2) is 9.63. The van der Waals surface area contributed by atoms with Crippen molar-refractivity contribution in [3.8, 4) is 5.75 Å². The SMILES string of the molecule is COC[C@H](C)Oc1cc(N2CCN(C(C)C)C2=O)cc2ncnc(Nc3ccc4ncsc4c3)c12. The number of hydrogen-bond acceptors (Lipinski definition) is 8. The molecule has 3 heterocycles. The van der Waals surface area contributed by atoms with Crippen molar-refractivity contribution < 1.29 is 14.3 Å². The van der Waals surface area contributed by atoms with Crippen molar-refractivity contribution in [3.63, 3.8) is 0 Å². The lowest BCUT2D eigenvalue weighted by Crippen LogP contribution is -2.36. The first kappa shape index (κ1) is 23.3. The molecule has 2 aromatic heterocycles. The number of carbonyl (C=O) groups is 1. The molecule has 10 heteroatoms. The molecule has 0 unspecified atom stereocenters. The summed E-state index contributed by atoms with van der Waals surface area (Å²) in [4.78, 5) is 30.1. The van der Waals surface area contributed by atoms with Gasteiger partial charge in [-0.15, -0.1) is 11.3 Å². The lowest BCUT2D eigenvalue weighted by Gasteiger charge is -2.23. The fourth-order valence-corrected chi connectivity index (χ4v) is 5.03. The molecule has 5 rings (SSSR count). The van der Waals surface area contributed by atoms with Gasteiger partial charge in [0, 0.05) is 38.0 Å². The first-order valence-electron chi connectivity index (χ1n) is 11.6. The first-order chi connectivity index (χ1) is 16.9. The van der Waals surface area contributed by atoms with Crippen molar-refractivity contribution in [3.05, 3.63) is 42.2 Å². The minimum Gasteiger partial charge on any atom is -0.487 e. The number of anilines is 3. The van der Waals surface area contributed by atoms with Crippen molar-refractivity contribution in [2.24, 2.45) is 0 Å². The Morgan fingerprint density at radius 1 is 1.09 bits per heavy atom. The van der Waals surface area contributed by atoms with Gasteiger partial charge in [-0.1, -0.05) is 0 Å². The van der Waals surface area contributed by atoms with E-state index in [1.807, 2.05) is 61.5 Å². The Morgan fingerprint density at radius 2 is 1.94 bits per heavy atom. The lowest BCUT2D eigenvalue weighted by molar-refractivity contribution is 0.0931. The number of hydrogen-bond donors (Lipinski definition) is 1. The van der Waals surface area contributed by atoms with Gasteiger partial charge in [0.1, 0.15) is 24.0 Å². The summed E-state index contributed by atoms with van der Waals surface area (Å²) < 4.78 is 12.7. The summed E-state index contributed by atoms with van der Waals surface area (Å²) in [5, 5.41) is 4.17. The van der Waals surface area contributed by atoms with Crippen molar-refractivity contribution in [1.82, 2.24) is 19.9 Å². The molecule has 0 bridgehead atoms. The van der Waals surface area contributed by atoms with Crippen LogP contribution >= 0.6 is 11.3 Å². The van der Waals surface area contributed by atoms with Crippen molar-refractivity contribution in [2.45, 2.75) is 32.9 Å². The maximum atomic E-state index is 13.1. The number of benzene rings is 2. The molecule has 1 atom stereocenters. The Hall–Kier alpha value is -3.50. The van der Waals surface area contributed by atoms with Gasteiger partial charge in [0.2, 0.25) is 0 Å². The smallest absolute Gasteiger partial charge is 0.324 e. The molecule has 0 aliphatic carbocycles. The number of urea groups is 1. The average molecular weight is 493 g/mol. The highest BCUT2D eigenvalue weighted by molar-refractivity contribution is 7.16. The fourth-order valence-electron chi connectivity index (χ4n) is 4.31. The molecule has 0 saturated carbocycles. The molecule has 9 nitrogen and oxygen atoms in total. The molecule has 1 N–H and O–H groups in total. The van der Waals surface area contributed by atoms with E-state index in [2.05, 4.69) is 20.3 Å². The van der Waals surface area contributed by atoms with Crippen LogP contribution in [0.25, 0.3) is 21.1 Å². The first-order valence-corrected chi connectivity index (χ1v) is 12.5. The minimum atomic E-state index is -0.207. The molecule has 1 saturated heterocycles. The summed E-state index contributed by atoms with van der Waals surface area (Å²) in [5.41, 5.74) is 5.12. The lowest BCUT2D eigenvalue weighted by atomic mass is 10.1. The van der Waals surface area contributed by atoms with Gasteiger partial charge in [-0.3, -0.25) is 4.90 Å². The number of rotatable bonds is 8. The zero-order chi connectivity index (χ0) is 24.5. The molecule has 1 aliphatic heterocycles. The van der Waals surface area contributed by atoms with Crippen LogP contribution in [0.2, 0.25) is 0 Å². The van der Waals surface area contributed by atoms with Crippen LogP contribution in [-0.2, 0) is 4.74 Å². The monoisotopic (exact) mass is 492 g/mol. The molecule has 182 valence electrons. The summed E-state index contributed by atoms with van der Waals surface area (Å²) >= 11 is 1.59. The average Bonchev–Trinajstić information content (AvgIpc) is 3.45. The summed E-state index contributed by atoms with van der Waals surface area (Å²) in [6, 6.07) is 9.95. The predicted octanol–water partition coefficient (Wildman–Crippen LogP) is 5.05. The van der Waals surface area contributed by atoms with Gasteiger partial charge < -0.3 is 19.7 Å². The van der Waals surface area contributed by atoms with E-state index in [0.717, 1.165) is 27.0 Å². The van der Waals surface area contributed by atoms with Crippen LogP contribution in [0.1, 0.15) is 20.8 Å². The Morgan fingerprint density at radius 3 is 2.71 bits per heavy atom. The molecule has 4 aromatic rings. The Balaban J connectivity index is 1.57. The zero-order valence-electron chi connectivity index (χ0n) is 20.2. The van der Waals surface area contributed by atoms with Crippen LogP contribution in [0.5, 0.6) is 5.75 Å². The van der Waals surface area contributed by atoms with Crippen molar-refractivity contribution in [2.75, 3.05) is 37.0 Å². The van der Waals surface area contributed by atoms with Crippen LogP contribution in [0.3, 0.4) is 0 Å². The molecule has 0 spiro atoms. The number of carbonyl (C=O) groups excluding carboxylic acids is 1. The number of thiazole rings is 1. The third-order valence-corrected chi connectivity index (χ3v) is 6.78. The summed E-state index contributed by atoms with van der Waals surface area (Å²) in [5.74, 6) is 1.22. The van der Waals surface area contributed by atoms with Gasteiger partial charge in [0.25, 0.3) is 0 Å². The van der Waals surface area contributed by atoms with Gasteiger partial charge >= 0.3 is 6.03 Å². The summed E-state index contributed by atoms with van der Waals surface area (Å²) in [6.07, 6.45) is 1.32. The zero-order valence-corrected chi connectivity index (χ0v) is 21.0. The second-order valence-corrected chi connectivity index (χ2v) is 9.71. The van der Waals surface area contributed by atoms with Gasteiger partial charge in [-0.25, -0.2) is 19.7 Å². The summed E-state index contributed by atoms with van der Waals surface area (Å²) in [7, 11) is 1.64. The highest BCUT2D eigenvalue weighted by atomic mass is 32.1. The van der Waals surface area contributed by atoms with Crippen LogP contribution < -0.4 is 15.0 Å². The molecule has 1 aliphatic rings. The van der Waals surface area contributed by atoms with E-state index < -0.39 is 0 Å². The van der Waals surface area contributed by atoms with E-state index in [4.69, 9.17) is 9.47 Å². The molecule has 35 heavy (non-hydrogen) atoms. The number of ether oxygens (including phenoxy) is 2. The van der Waals surface area contributed by atoms with Gasteiger partial charge in [-0.2, -0.15) is 0 Å². The predicted molar refractivity (Wildman–Crippen MR) is 139 cm³/mol. The Kier molecular flexibility index (Phi) is 6.40. The maximum Gasteiger partial charge on any atom is 0.324 e. The molecular formula is C25H28N6O3S. The quantitative estimate of drug-likeness (QED) is 0.368. The number of aromatic nitrogens is 3. The topological polar surface area (TPSA) is 92.7 Å². The fraction of sp³-hybridized carbons (Fsp3) is 0.360. The summed E-state index contributed by atoms with van der Waals surface area (Å²) in [6.45, 7) is 7.71. The van der Waals surface area contributed by atoms with Gasteiger partial charge in [-0.05, 0) is 45.0 Å². The van der Waals surface area contributed by atoms with Gasteiger partial charge in [0.15, 0.2) is 0 Å². The Labute approximate surface area is 207 Å². The highest BCUT2D eigenvalue weighted by Crippen LogP contribution is 2.37. The van der Waals surface area contributed by atoms with Crippen LogP contribution in [0.15, 0.2) is 42.2 Å². The van der Waals surface area contributed by atoms with Crippen molar-refractivity contribution in [1.29, 1.82) is 0 Å². The van der Waals surface area contributed by atoms with E-state index in [0.29, 0.717) is 36.8 Å². The highest BCUT2D eigenvalue weighted by Gasteiger charge is 2.32. The number of amides is 2. The Bertz CT molecular complexity index is 1370. The normalized spacial score (nSPS) is 14.9. The molecule has 2 amide bonds. The number of methoxy groups -OCH3 is 1. The standard InChI is InChI=1S/C25H28N6O3S/c1-15(2)30-7-8-31(25(30)32)18-10-20-23(21(11-18)34-16(3)12-33-4)24(27-13-26-20)29-17-5-6-19-22(9-17)35-14-28-19/h5-6,9-11,13-16H,7-8,12H2,1-4H3,(H,26,27,29)/t16-/m0/s1. The number of nitrogens with zero attached hydrogens (tertiary/aromatic N) is 5. The van der Waals surface area contributed by atoms with E-state index in [1.54, 1.807) is 23.3 Å². The second-order valence-electron chi connectivity index (χ2n) is 8.83. The molecule has 2 aromatic carbocycles. The van der Waals surface area contributed by atoms with Crippen molar-refractivity contribution >= 4 is 55.7 Å².